The second-order valence-corrected chi connectivity index (χ2v) is 4.18. The van der Waals surface area contributed by atoms with Crippen LogP contribution in [0.1, 0.15) is 11.3 Å². The Morgan fingerprint density at radius 3 is 2.67 bits per heavy atom. The van der Waals surface area contributed by atoms with Crippen LogP contribution in [0, 0.1) is 6.92 Å². The maximum absolute atomic E-state index is 6.15. The highest BCUT2D eigenvalue weighted by Crippen LogP contribution is 2.19. The van der Waals surface area contributed by atoms with Gasteiger partial charge in [0.2, 0.25) is 0 Å². The number of likely N-dealkylation sites (N-methyl/N-ethyl adjacent to an activating group) is 2. The summed E-state index contributed by atoms with van der Waals surface area (Å²) in [6.07, 6.45) is 0. The molecule has 0 aliphatic rings. The van der Waals surface area contributed by atoms with Gasteiger partial charge < -0.3 is 10.2 Å². The summed E-state index contributed by atoms with van der Waals surface area (Å²) in [6, 6.07) is 0. The monoisotopic (exact) mass is 230 g/mol. The van der Waals surface area contributed by atoms with Crippen LogP contribution < -0.4 is 5.32 Å². The van der Waals surface area contributed by atoms with Gasteiger partial charge in [0.15, 0.2) is 0 Å². The Morgan fingerprint density at radius 1 is 1.53 bits per heavy atom. The summed E-state index contributed by atoms with van der Waals surface area (Å²) in [7, 11) is 5.91. The third-order valence-corrected chi connectivity index (χ3v) is 2.91. The molecule has 0 amide bonds. The van der Waals surface area contributed by atoms with Crippen LogP contribution in [0.15, 0.2) is 0 Å². The topological polar surface area (TPSA) is 33.1 Å². The number of aromatic nitrogens is 2. The molecule has 0 radical (unpaired) electrons. The fourth-order valence-corrected chi connectivity index (χ4v) is 1.74. The van der Waals surface area contributed by atoms with E-state index in [1.165, 1.54) is 0 Å². The lowest BCUT2D eigenvalue weighted by Gasteiger charge is -2.15. The molecule has 0 atom stereocenters. The number of rotatable bonds is 5. The molecule has 0 unspecified atom stereocenters. The highest BCUT2D eigenvalue weighted by Gasteiger charge is 2.12. The van der Waals surface area contributed by atoms with Gasteiger partial charge in [0.05, 0.1) is 5.69 Å². The summed E-state index contributed by atoms with van der Waals surface area (Å²) in [6.45, 7) is 4.82. The minimum atomic E-state index is 0.740. The normalized spacial score (nSPS) is 11.3. The van der Waals surface area contributed by atoms with E-state index in [1.54, 1.807) is 4.68 Å². The molecule has 1 aromatic heterocycles. The average molecular weight is 231 g/mol. The van der Waals surface area contributed by atoms with E-state index < -0.39 is 0 Å². The molecule has 0 saturated carbocycles. The molecule has 0 aromatic carbocycles. The molecule has 0 fully saturated rings. The van der Waals surface area contributed by atoms with Crippen molar-refractivity contribution in [2.75, 3.05) is 27.2 Å². The van der Waals surface area contributed by atoms with E-state index in [9.17, 15) is 0 Å². The zero-order valence-electron chi connectivity index (χ0n) is 9.84. The molecular weight excluding hydrogens is 212 g/mol. The van der Waals surface area contributed by atoms with Crippen molar-refractivity contribution in [2.45, 2.75) is 13.5 Å². The van der Waals surface area contributed by atoms with E-state index in [0.29, 0.717) is 0 Å². The number of halogens is 1. The standard InChI is InChI=1S/C10H19ClN4/c1-8-9(10(11)15(4)13-8)7-14(3)6-5-12-2/h12H,5-7H2,1-4H3. The van der Waals surface area contributed by atoms with Gasteiger partial charge in [-0.15, -0.1) is 0 Å². The number of hydrogen-bond donors (Lipinski definition) is 1. The summed E-state index contributed by atoms with van der Waals surface area (Å²) in [5.41, 5.74) is 2.14. The summed E-state index contributed by atoms with van der Waals surface area (Å²) >= 11 is 6.15. The molecular formula is C10H19ClN4. The van der Waals surface area contributed by atoms with Crippen molar-refractivity contribution in [3.63, 3.8) is 0 Å². The molecule has 0 aliphatic carbocycles. The minimum Gasteiger partial charge on any atom is -0.318 e. The van der Waals surface area contributed by atoms with Gasteiger partial charge in [-0.1, -0.05) is 11.6 Å². The number of aryl methyl sites for hydroxylation is 2. The van der Waals surface area contributed by atoms with Gasteiger partial charge in [-0.05, 0) is 21.0 Å². The van der Waals surface area contributed by atoms with Crippen molar-refractivity contribution >= 4 is 11.6 Å². The van der Waals surface area contributed by atoms with Crippen LogP contribution in [0.3, 0.4) is 0 Å². The third kappa shape index (κ3) is 3.19. The van der Waals surface area contributed by atoms with Gasteiger partial charge in [-0.3, -0.25) is 4.68 Å². The first-order chi connectivity index (χ1) is 7.06. The summed E-state index contributed by atoms with van der Waals surface area (Å²) in [5.74, 6) is 0. The molecule has 15 heavy (non-hydrogen) atoms. The van der Waals surface area contributed by atoms with Crippen molar-refractivity contribution in [1.29, 1.82) is 0 Å². The Balaban J connectivity index is 2.63. The molecule has 0 bridgehead atoms. The molecule has 1 heterocycles. The number of nitrogens with zero attached hydrogens (tertiary/aromatic N) is 3. The minimum absolute atomic E-state index is 0.740. The van der Waals surface area contributed by atoms with Crippen LogP contribution in [0.5, 0.6) is 0 Å². The van der Waals surface area contributed by atoms with E-state index in [1.807, 2.05) is 21.0 Å². The molecule has 86 valence electrons. The van der Waals surface area contributed by atoms with Crippen LogP contribution in [0.4, 0.5) is 0 Å². The predicted octanol–water partition coefficient (Wildman–Crippen LogP) is 1.03. The molecule has 1 rings (SSSR count). The van der Waals surface area contributed by atoms with Crippen LogP contribution >= 0.6 is 11.6 Å². The van der Waals surface area contributed by atoms with Crippen LogP contribution in [-0.4, -0.2) is 41.9 Å². The highest BCUT2D eigenvalue weighted by atomic mass is 35.5. The van der Waals surface area contributed by atoms with E-state index >= 15 is 0 Å². The number of nitrogens with one attached hydrogen (secondary N) is 1. The van der Waals surface area contributed by atoms with Gasteiger partial charge in [0, 0.05) is 32.2 Å². The Hall–Kier alpha value is -0.580. The van der Waals surface area contributed by atoms with E-state index in [2.05, 4.69) is 22.4 Å². The van der Waals surface area contributed by atoms with Crippen molar-refractivity contribution < 1.29 is 0 Å². The SMILES string of the molecule is CNCCN(C)Cc1c(C)nn(C)c1Cl. The van der Waals surface area contributed by atoms with Crippen molar-refractivity contribution in [1.82, 2.24) is 20.0 Å². The first kappa shape index (κ1) is 12.5. The molecule has 1 N–H and O–H groups in total. The Kier molecular flexibility index (Phi) is 4.57. The molecule has 5 heteroatoms. The third-order valence-electron chi connectivity index (χ3n) is 2.44. The smallest absolute Gasteiger partial charge is 0.131 e. The van der Waals surface area contributed by atoms with Crippen LogP contribution in [0.2, 0.25) is 5.15 Å². The van der Waals surface area contributed by atoms with E-state index in [0.717, 1.165) is 36.0 Å². The predicted molar refractivity (Wildman–Crippen MR) is 63.2 cm³/mol. The maximum atomic E-state index is 6.15. The Morgan fingerprint density at radius 2 is 2.20 bits per heavy atom. The second kappa shape index (κ2) is 5.49. The Labute approximate surface area is 96.2 Å². The first-order valence-electron chi connectivity index (χ1n) is 5.07. The lowest BCUT2D eigenvalue weighted by Crippen LogP contribution is -2.27. The molecule has 4 nitrogen and oxygen atoms in total. The number of hydrogen-bond acceptors (Lipinski definition) is 3. The van der Waals surface area contributed by atoms with Gasteiger partial charge in [-0.2, -0.15) is 5.10 Å². The molecule has 1 aromatic rings. The molecule has 0 spiro atoms. The van der Waals surface area contributed by atoms with E-state index in [4.69, 9.17) is 11.6 Å². The largest absolute Gasteiger partial charge is 0.318 e. The van der Waals surface area contributed by atoms with Crippen molar-refractivity contribution in [3.05, 3.63) is 16.4 Å². The quantitative estimate of drug-likeness (QED) is 0.821. The van der Waals surface area contributed by atoms with Crippen LogP contribution in [-0.2, 0) is 13.6 Å². The molecule has 0 aliphatic heterocycles. The zero-order chi connectivity index (χ0) is 11.4. The van der Waals surface area contributed by atoms with Gasteiger partial charge in [0.1, 0.15) is 5.15 Å². The Bertz CT molecular complexity index is 321. The molecule has 0 saturated heterocycles. The fourth-order valence-electron chi connectivity index (χ4n) is 1.51. The van der Waals surface area contributed by atoms with Crippen molar-refractivity contribution in [2.24, 2.45) is 7.05 Å². The second-order valence-electron chi connectivity index (χ2n) is 3.82. The van der Waals surface area contributed by atoms with Gasteiger partial charge in [-0.25, -0.2) is 0 Å². The summed E-state index contributed by atoms with van der Waals surface area (Å²) in [5, 5.41) is 8.15. The maximum Gasteiger partial charge on any atom is 0.131 e. The van der Waals surface area contributed by atoms with Crippen molar-refractivity contribution in [3.8, 4) is 0 Å². The van der Waals surface area contributed by atoms with Gasteiger partial charge >= 0.3 is 0 Å². The zero-order valence-corrected chi connectivity index (χ0v) is 10.6. The highest BCUT2D eigenvalue weighted by molar-refractivity contribution is 6.30. The average Bonchev–Trinajstić information content (AvgIpc) is 2.42. The summed E-state index contributed by atoms with van der Waals surface area (Å²) in [4.78, 5) is 2.23. The lowest BCUT2D eigenvalue weighted by molar-refractivity contribution is 0.327. The van der Waals surface area contributed by atoms with E-state index in [-0.39, 0.29) is 0 Å². The lowest BCUT2D eigenvalue weighted by atomic mass is 10.2. The fraction of sp³-hybridized carbons (Fsp3) is 0.700. The summed E-state index contributed by atoms with van der Waals surface area (Å²) < 4.78 is 1.72. The van der Waals surface area contributed by atoms with Gasteiger partial charge in [0.25, 0.3) is 0 Å². The van der Waals surface area contributed by atoms with Crippen LogP contribution in [0.25, 0.3) is 0 Å². The first-order valence-corrected chi connectivity index (χ1v) is 5.45.